The summed E-state index contributed by atoms with van der Waals surface area (Å²) in [5, 5.41) is 3.14. The van der Waals surface area contributed by atoms with Crippen LogP contribution in [0.2, 0.25) is 5.02 Å². The van der Waals surface area contributed by atoms with Crippen molar-refractivity contribution in [2.75, 3.05) is 11.6 Å². The van der Waals surface area contributed by atoms with E-state index >= 15 is 0 Å². The number of nitrogens with one attached hydrogen (secondary N) is 1. The monoisotopic (exact) mass is 377 g/mol. The Balaban J connectivity index is 1.95. The molecule has 2 aromatic heterocycles. The van der Waals surface area contributed by atoms with E-state index in [9.17, 15) is 9.18 Å². The van der Waals surface area contributed by atoms with Crippen molar-refractivity contribution in [2.24, 2.45) is 0 Å². The average molecular weight is 378 g/mol. The van der Waals surface area contributed by atoms with Crippen LogP contribution in [-0.4, -0.2) is 22.1 Å². The van der Waals surface area contributed by atoms with Gasteiger partial charge >= 0.3 is 0 Å². The predicted octanol–water partition coefficient (Wildman–Crippen LogP) is 4.81. The fourth-order valence-corrected chi connectivity index (χ4v) is 3.04. The van der Waals surface area contributed by atoms with E-state index in [1.54, 1.807) is 19.1 Å². The third kappa shape index (κ3) is 3.67. The molecule has 0 bridgehead atoms. The number of rotatable bonds is 4. The topological polar surface area (TPSA) is 68.0 Å². The minimum Gasteiger partial charge on any atom is -0.461 e. The van der Waals surface area contributed by atoms with E-state index < -0.39 is 11.7 Å². The Hall–Kier alpha value is -2.38. The Labute approximate surface area is 152 Å². The van der Waals surface area contributed by atoms with E-state index in [0.717, 1.165) is 0 Å². The van der Waals surface area contributed by atoms with Crippen molar-refractivity contribution in [1.29, 1.82) is 0 Å². The number of carbonyl (C=O) groups excluding carboxylic acids is 1. The van der Waals surface area contributed by atoms with Crippen molar-refractivity contribution in [3.63, 3.8) is 0 Å². The van der Waals surface area contributed by atoms with Gasteiger partial charge in [0, 0.05) is 5.69 Å². The zero-order valence-electron chi connectivity index (χ0n) is 13.3. The molecule has 0 saturated heterocycles. The largest absolute Gasteiger partial charge is 0.461 e. The van der Waals surface area contributed by atoms with Gasteiger partial charge in [-0.05, 0) is 43.5 Å². The van der Waals surface area contributed by atoms with E-state index in [2.05, 4.69) is 15.3 Å². The number of benzene rings is 1. The second kappa shape index (κ2) is 7.25. The number of hydrogen-bond acceptors (Lipinski definition) is 5. The minimum atomic E-state index is -0.549. The number of hydrogen-bond donors (Lipinski definition) is 1. The molecular weight excluding hydrogens is 365 g/mol. The smallest absolute Gasteiger partial charge is 0.260 e. The van der Waals surface area contributed by atoms with Crippen LogP contribution in [0.15, 0.2) is 46.0 Å². The number of aryl methyl sites for hydroxylation is 1. The molecule has 3 aromatic rings. The van der Waals surface area contributed by atoms with Gasteiger partial charge in [0.15, 0.2) is 11.6 Å². The maximum Gasteiger partial charge on any atom is 0.260 e. The van der Waals surface area contributed by atoms with Crippen molar-refractivity contribution in [3.05, 3.63) is 58.7 Å². The molecular formula is C17H13ClFN3O2S. The first-order valence-corrected chi connectivity index (χ1v) is 8.82. The maximum absolute atomic E-state index is 13.2. The lowest BCUT2D eigenvalue weighted by atomic mass is 10.2. The number of carbonyl (C=O) groups is 1. The molecule has 0 aliphatic heterocycles. The number of nitrogens with zero attached hydrogens (tertiary/aromatic N) is 2. The molecule has 5 nitrogen and oxygen atoms in total. The highest BCUT2D eigenvalue weighted by atomic mass is 35.5. The molecule has 0 saturated carbocycles. The zero-order valence-corrected chi connectivity index (χ0v) is 14.9. The molecule has 0 fully saturated rings. The van der Waals surface area contributed by atoms with Crippen molar-refractivity contribution in [1.82, 2.24) is 9.97 Å². The van der Waals surface area contributed by atoms with E-state index in [1.807, 2.05) is 6.26 Å². The van der Waals surface area contributed by atoms with Crippen LogP contribution in [0, 0.1) is 12.7 Å². The lowest BCUT2D eigenvalue weighted by Crippen LogP contribution is -2.17. The molecule has 0 aliphatic rings. The molecule has 8 heteroatoms. The van der Waals surface area contributed by atoms with Crippen molar-refractivity contribution in [3.8, 4) is 11.6 Å². The Morgan fingerprint density at radius 2 is 2.12 bits per heavy atom. The third-order valence-electron chi connectivity index (χ3n) is 3.40. The number of amides is 1. The van der Waals surface area contributed by atoms with Gasteiger partial charge in [0.1, 0.15) is 10.8 Å². The number of halogens is 2. The number of thioether (sulfide) groups is 1. The SMILES string of the molecule is CSc1nc(-c2ccco2)nc(C)c1C(=O)Nc1ccc(F)c(Cl)c1. The normalized spacial score (nSPS) is 10.7. The highest BCUT2D eigenvalue weighted by Gasteiger charge is 2.20. The van der Waals surface area contributed by atoms with Crippen molar-refractivity contribution < 1.29 is 13.6 Å². The first kappa shape index (κ1) is 17.4. The highest BCUT2D eigenvalue weighted by Crippen LogP contribution is 2.26. The number of anilines is 1. The van der Waals surface area contributed by atoms with Crippen LogP contribution in [0.5, 0.6) is 0 Å². The first-order valence-electron chi connectivity index (χ1n) is 7.22. The van der Waals surface area contributed by atoms with Crippen LogP contribution >= 0.6 is 23.4 Å². The van der Waals surface area contributed by atoms with Crippen LogP contribution in [0.25, 0.3) is 11.6 Å². The Morgan fingerprint density at radius 1 is 1.32 bits per heavy atom. The summed E-state index contributed by atoms with van der Waals surface area (Å²) in [6.07, 6.45) is 3.35. The maximum atomic E-state index is 13.2. The highest BCUT2D eigenvalue weighted by molar-refractivity contribution is 7.98. The molecule has 0 aliphatic carbocycles. The van der Waals surface area contributed by atoms with Crippen LogP contribution in [-0.2, 0) is 0 Å². The fourth-order valence-electron chi connectivity index (χ4n) is 2.24. The van der Waals surface area contributed by atoms with E-state index in [1.165, 1.54) is 36.2 Å². The molecule has 0 spiro atoms. The third-order valence-corrected chi connectivity index (χ3v) is 4.37. The predicted molar refractivity (Wildman–Crippen MR) is 95.6 cm³/mol. The van der Waals surface area contributed by atoms with Gasteiger partial charge in [0.2, 0.25) is 0 Å². The number of furan rings is 1. The average Bonchev–Trinajstić information content (AvgIpc) is 3.11. The van der Waals surface area contributed by atoms with E-state index in [0.29, 0.717) is 33.6 Å². The second-order valence-electron chi connectivity index (χ2n) is 5.08. The fraction of sp³-hybridized carbons (Fsp3) is 0.118. The van der Waals surface area contributed by atoms with Crippen LogP contribution in [0.1, 0.15) is 16.1 Å². The van der Waals surface area contributed by atoms with Crippen LogP contribution < -0.4 is 5.32 Å². The molecule has 3 rings (SSSR count). The van der Waals surface area contributed by atoms with Gasteiger partial charge in [-0.1, -0.05) is 11.6 Å². The van der Waals surface area contributed by atoms with Crippen molar-refractivity contribution in [2.45, 2.75) is 11.9 Å². The van der Waals surface area contributed by atoms with Gasteiger partial charge in [-0.2, -0.15) is 0 Å². The summed E-state index contributed by atoms with van der Waals surface area (Å²) in [5.74, 6) is -0.00814. The molecule has 0 radical (unpaired) electrons. The van der Waals surface area contributed by atoms with Gasteiger partial charge in [-0.15, -0.1) is 11.8 Å². The molecule has 1 N–H and O–H groups in total. The summed E-state index contributed by atoms with van der Waals surface area (Å²) in [7, 11) is 0. The summed E-state index contributed by atoms with van der Waals surface area (Å²) < 4.78 is 18.6. The summed E-state index contributed by atoms with van der Waals surface area (Å²) in [5.41, 5.74) is 1.25. The summed E-state index contributed by atoms with van der Waals surface area (Å²) in [6.45, 7) is 1.72. The molecule has 1 amide bonds. The quantitative estimate of drug-likeness (QED) is 0.522. The van der Waals surface area contributed by atoms with Gasteiger partial charge in [-0.3, -0.25) is 4.79 Å². The van der Waals surface area contributed by atoms with E-state index in [-0.39, 0.29) is 5.02 Å². The lowest BCUT2D eigenvalue weighted by Gasteiger charge is -2.12. The van der Waals surface area contributed by atoms with E-state index in [4.69, 9.17) is 16.0 Å². The number of aromatic nitrogens is 2. The second-order valence-corrected chi connectivity index (χ2v) is 6.28. The Bertz CT molecular complexity index is 932. The van der Waals surface area contributed by atoms with Gasteiger partial charge in [-0.25, -0.2) is 14.4 Å². The molecule has 2 heterocycles. The van der Waals surface area contributed by atoms with Gasteiger partial charge in [0.25, 0.3) is 5.91 Å². The van der Waals surface area contributed by atoms with Crippen LogP contribution in [0.4, 0.5) is 10.1 Å². The molecule has 0 unspecified atom stereocenters. The zero-order chi connectivity index (χ0) is 18.0. The Morgan fingerprint density at radius 3 is 2.76 bits per heavy atom. The lowest BCUT2D eigenvalue weighted by molar-refractivity contribution is 0.102. The summed E-state index contributed by atoms with van der Waals surface area (Å²) in [6, 6.07) is 7.47. The summed E-state index contributed by atoms with van der Waals surface area (Å²) >= 11 is 7.07. The standard InChI is InChI=1S/C17H13ClFN3O2S/c1-9-14(16(23)21-10-5-6-12(19)11(18)8-10)17(25-2)22-15(20-9)13-4-3-7-24-13/h3-8H,1-2H3,(H,21,23). The molecule has 128 valence electrons. The molecule has 1 aromatic carbocycles. The van der Waals surface area contributed by atoms with Gasteiger partial charge < -0.3 is 9.73 Å². The first-order chi connectivity index (χ1) is 12.0. The molecule has 0 atom stereocenters. The van der Waals surface area contributed by atoms with Crippen LogP contribution in [0.3, 0.4) is 0 Å². The van der Waals surface area contributed by atoms with Gasteiger partial charge in [0.05, 0.1) is 22.5 Å². The Kier molecular flexibility index (Phi) is 5.06. The van der Waals surface area contributed by atoms with Crippen molar-refractivity contribution >= 4 is 35.0 Å². The summed E-state index contributed by atoms with van der Waals surface area (Å²) in [4.78, 5) is 21.4. The minimum absolute atomic E-state index is 0.0657. The molecule has 25 heavy (non-hydrogen) atoms.